The molecule has 0 saturated carbocycles. The highest BCUT2D eigenvalue weighted by atomic mass is 32.2. The van der Waals surface area contributed by atoms with Gasteiger partial charge in [0.25, 0.3) is 10.0 Å². The second kappa shape index (κ2) is 5.19. The fraction of sp³-hybridized carbons (Fsp3) is 0.100. The molecule has 1 aromatic heterocycles. The number of nitrogens with two attached hydrogens (primary N) is 1. The van der Waals surface area contributed by atoms with E-state index in [1.807, 2.05) is 0 Å². The second-order valence-electron chi connectivity index (χ2n) is 3.54. The van der Waals surface area contributed by atoms with E-state index in [9.17, 15) is 17.2 Å². The van der Waals surface area contributed by atoms with Crippen molar-refractivity contribution in [3.63, 3.8) is 0 Å². The number of hydrogen-bond donors (Lipinski definition) is 2. The van der Waals surface area contributed by atoms with E-state index < -0.39 is 26.6 Å². The maximum atomic E-state index is 13.6. The minimum atomic E-state index is -4.24. The van der Waals surface area contributed by atoms with Crippen molar-refractivity contribution in [1.82, 2.24) is 4.98 Å². The fourth-order valence-electron chi connectivity index (χ4n) is 1.37. The van der Waals surface area contributed by atoms with Crippen LogP contribution in [0, 0.1) is 11.6 Å². The summed E-state index contributed by atoms with van der Waals surface area (Å²) in [6.07, 6.45) is 1.38. The van der Waals surface area contributed by atoms with Crippen LogP contribution in [0.4, 0.5) is 13.9 Å². The van der Waals surface area contributed by atoms with Crippen molar-refractivity contribution >= 4 is 26.5 Å². The number of sulfonamides is 1. The predicted molar refractivity (Wildman–Crippen MR) is 67.2 cm³/mol. The Morgan fingerprint density at radius 3 is 2.68 bits per heavy atom. The normalized spacial score (nSPS) is 11.5. The number of thiazole rings is 1. The van der Waals surface area contributed by atoms with Crippen LogP contribution >= 0.6 is 11.3 Å². The topological polar surface area (TPSA) is 85.1 Å². The zero-order chi connectivity index (χ0) is 14.0. The van der Waals surface area contributed by atoms with Crippen LogP contribution in [0.5, 0.6) is 0 Å². The van der Waals surface area contributed by atoms with Gasteiger partial charge in [0.1, 0.15) is 4.90 Å². The third-order valence-corrected chi connectivity index (χ3v) is 4.39. The van der Waals surface area contributed by atoms with E-state index in [1.165, 1.54) is 6.20 Å². The molecule has 0 radical (unpaired) electrons. The summed E-state index contributed by atoms with van der Waals surface area (Å²) in [5, 5.41) is 1.61. The SMILES string of the molecule is NCc1cc(F)c(F)c(S(=O)(=O)Nc2nccs2)c1. The summed E-state index contributed by atoms with van der Waals surface area (Å²) < 4.78 is 52.9. The smallest absolute Gasteiger partial charge is 0.266 e. The minimum absolute atomic E-state index is 0.0676. The van der Waals surface area contributed by atoms with Gasteiger partial charge >= 0.3 is 0 Å². The molecule has 2 rings (SSSR count). The number of aromatic nitrogens is 1. The first-order valence-electron chi connectivity index (χ1n) is 5.04. The predicted octanol–water partition coefficient (Wildman–Crippen LogP) is 1.68. The maximum Gasteiger partial charge on any atom is 0.266 e. The van der Waals surface area contributed by atoms with Gasteiger partial charge in [-0.3, -0.25) is 4.72 Å². The first-order chi connectivity index (χ1) is 8.94. The average molecular weight is 305 g/mol. The summed E-state index contributed by atoms with van der Waals surface area (Å²) >= 11 is 1.02. The molecule has 2 aromatic rings. The molecule has 1 heterocycles. The standard InChI is InChI=1S/C10H9F2N3O2S2/c11-7-3-6(5-13)4-8(9(7)12)19(16,17)15-10-14-1-2-18-10/h1-4H,5,13H2,(H,14,15). The lowest BCUT2D eigenvalue weighted by Crippen LogP contribution is -2.16. The zero-order valence-corrected chi connectivity index (χ0v) is 11.1. The number of nitrogens with one attached hydrogen (secondary N) is 1. The first-order valence-corrected chi connectivity index (χ1v) is 7.40. The van der Waals surface area contributed by atoms with Crippen molar-refractivity contribution in [1.29, 1.82) is 0 Å². The Bertz CT molecular complexity index is 687. The van der Waals surface area contributed by atoms with E-state index in [0.29, 0.717) is 0 Å². The van der Waals surface area contributed by atoms with E-state index in [0.717, 1.165) is 23.5 Å². The average Bonchev–Trinajstić information content (AvgIpc) is 2.84. The second-order valence-corrected chi connectivity index (χ2v) is 6.08. The Labute approximate surface area is 112 Å². The van der Waals surface area contributed by atoms with Crippen LogP contribution in [-0.2, 0) is 16.6 Å². The van der Waals surface area contributed by atoms with Gasteiger partial charge in [0.2, 0.25) is 0 Å². The number of hydrogen-bond acceptors (Lipinski definition) is 5. The molecule has 0 amide bonds. The number of halogens is 2. The molecule has 5 nitrogen and oxygen atoms in total. The fourth-order valence-corrected chi connectivity index (χ4v) is 3.30. The van der Waals surface area contributed by atoms with Crippen LogP contribution in [0.1, 0.15) is 5.56 Å². The Balaban J connectivity index is 2.48. The molecule has 0 aliphatic heterocycles. The summed E-state index contributed by atoms with van der Waals surface area (Å²) in [6, 6.07) is 1.85. The molecule has 102 valence electrons. The molecule has 0 fully saturated rings. The Morgan fingerprint density at radius 2 is 2.11 bits per heavy atom. The lowest BCUT2D eigenvalue weighted by atomic mass is 10.2. The van der Waals surface area contributed by atoms with Crippen LogP contribution in [0.3, 0.4) is 0 Å². The van der Waals surface area contributed by atoms with Gasteiger partial charge in [0.15, 0.2) is 16.8 Å². The van der Waals surface area contributed by atoms with E-state index in [2.05, 4.69) is 9.71 Å². The van der Waals surface area contributed by atoms with Crippen LogP contribution in [-0.4, -0.2) is 13.4 Å². The monoisotopic (exact) mass is 305 g/mol. The highest BCUT2D eigenvalue weighted by Crippen LogP contribution is 2.23. The molecule has 0 unspecified atom stereocenters. The molecule has 19 heavy (non-hydrogen) atoms. The third-order valence-electron chi connectivity index (χ3n) is 2.23. The van der Waals surface area contributed by atoms with Crippen molar-refractivity contribution in [2.75, 3.05) is 4.72 Å². The Kier molecular flexibility index (Phi) is 3.78. The lowest BCUT2D eigenvalue weighted by molar-refractivity contribution is 0.483. The van der Waals surface area contributed by atoms with E-state index in [4.69, 9.17) is 5.73 Å². The largest absolute Gasteiger partial charge is 0.326 e. The van der Waals surface area contributed by atoms with Gasteiger partial charge in [-0.05, 0) is 17.7 Å². The highest BCUT2D eigenvalue weighted by Gasteiger charge is 2.23. The molecule has 9 heteroatoms. The van der Waals surface area contributed by atoms with Crippen molar-refractivity contribution in [3.8, 4) is 0 Å². The molecule has 0 atom stereocenters. The molecule has 1 aromatic carbocycles. The summed E-state index contributed by atoms with van der Waals surface area (Å²) in [4.78, 5) is 2.92. The molecule has 0 saturated heterocycles. The summed E-state index contributed by atoms with van der Waals surface area (Å²) in [6.45, 7) is -0.100. The molecular weight excluding hydrogens is 296 g/mol. The van der Waals surface area contributed by atoms with E-state index >= 15 is 0 Å². The number of rotatable bonds is 4. The third kappa shape index (κ3) is 2.88. The van der Waals surface area contributed by atoms with Crippen molar-refractivity contribution < 1.29 is 17.2 Å². The molecule has 0 bridgehead atoms. The van der Waals surface area contributed by atoms with E-state index in [1.54, 1.807) is 5.38 Å². The van der Waals surface area contributed by atoms with Crippen LogP contribution in [0.15, 0.2) is 28.6 Å². The molecule has 0 spiro atoms. The molecular formula is C10H9F2N3O2S2. The summed E-state index contributed by atoms with van der Waals surface area (Å²) in [5.41, 5.74) is 5.48. The first kappa shape index (κ1) is 13.8. The molecule has 3 N–H and O–H groups in total. The number of nitrogens with zero attached hydrogens (tertiary/aromatic N) is 1. The van der Waals surface area contributed by atoms with E-state index in [-0.39, 0.29) is 17.2 Å². The van der Waals surface area contributed by atoms with Gasteiger partial charge < -0.3 is 5.73 Å². The summed E-state index contributed by atoms with van der Waals surface area (Å²) in [5.74, 6) is -2.70. The van der Waals surface area contributed by atoms with Crippen molar-refractivity contribution in [2.45, 2.75) is 11.4 Å². The number of anilines is 1. The van der Waals surface area contributed by atoms with Gasteiger partial charge in [-0.2, -0.15) is 0 Å². The van der Waals surface area contributed by atoms with Gasteiger partial charge in [-0.25, -0.2) is 22.2 Å². The molecule has 0 aliphatic carbocycles. The van der Waals surface area contributed by atoms with Gasteiger partial charge in [-0.15, -0.1) is 11.3 Å². The minimum Gasteiger partial charge on any atom is -0.326 e. The van der Waals surface area contributed by atoms with Gasteiger partial charge in [-0.1, -0.05) is 0 Å². The van der Waals surface area contributed by atoms with Crippen LogP contribution in [0.25, 0.3) is 0 Å². The van der Waals surface area contributed by atoms with Crippen LogP contribution < -0.4 is 10.5 Å². The van der Waals surface area contributed by atoms with Crippen molar-refractivity contribution in [2.24, 2.45) is 5.73 Å². The summed E-state index contributed by atoms with van der Waals surface area (Å²) in [7, 11) is -4.24. The Morgan fingerprint density at radius 1 is 1.37 bits per heavy atom. The zero-order valence-electron chi connectivity index (χ0n) is 9.43. The van der Waals surface area contributed by atoms with Gasteiger partial charge in [0.05, 0.1) is 0 Å². The quantitative estimate of drug-likeness (QED) is 0.900. The highest BCUT2D eigenvalue weighted by molar-refractivity contribution is 7.93. The lowest BCUT2D eigenvalue weighted by Gasteiger charge is -2.08. The van der Waals surface area contributed by atoms with Crippen molar-refractivity contribution in [3.05, 3.63) is 40.9 Å². The number of benzene rings is 1. The maximum absolute atomic E-state index is 13.6. The van der Waals surface area contributed by atoms with Crippen LogP contribution in [0.2, 0.25) is 0 Å². The Hall–Kier alpha value is -1.58. The van der Waals surface area contributed by atoms with Gasteiger partial charge in [0, 0.05) is 18.1 Å². The molecule has 0 aliphatic rings.